The zero-order valence-corrected chi connectivity index (χ0v) is 35.5. The maximum atomic E-state index is 15.6. The number of piperidine rings is 1. The number of halogens is 1. The third-order valence-corrected chi connectivity index (χ3v) is 11.6. The standard InChI is InChI=1S/C47H44FN7O9/c1-5-26-12-14-35-30(19-26)43(58)42(25(2)54(35)3)45(60)51-27-13-16-37(32(48)20-27)64-46-29-21-38(62-4)39(22-34(29)49-24-50-46)63-18-7-6-11-40(56)52-33-10-8-9-28-31(33)23-55(47(28)61)36-15-17-41(57)53-44(36)59/h8-10,12-14,16,19-22,24,36H,5-7,11,15,17-18,23H2,1-4H3,(H,51,60)(H,52,56)(H,53,57,59). The largest absolute Gasteiger partial charge is 0.493 e. The van der Waals surface area contributed by atoms with E-state index >= 15 is 4.39 Å². The van der Waals surface area contributed by atoms with E-state index in [0.29, 0.717) is 68.7 Å². The third kappa shape index (κ3) is 8.43. The van der Waals surface area contributed by atoms with E-state index in [9.17, 15) is 28.8 Å². The highest BCUT2D eigenvalue weighted by Crippen LogP contribution is 2.37. The summed E-state index contributed by atoms with van der Waals surface area (Å²) in [4.78, 5) is 87.2. The number of hydrogen-bond donors (Lipinski definition) is 3. The average molecular weight is 870 g/mol. The highest BCUT2D eigenvalue weighted by atomic mass is 19.1. The summed E-state index contributed by atoms with van der Waals surface area (Å²) in [6.07, 6.45) is 3.54. The number of pyridine rings is 1. The van der Waals surface area contributed by atoms with Gasteiger partial charge in [-0.15, -0.1) is 0 Å². The fourth-order valence-electron chi connectivity index (χ4n) is 8.03. The van der Waals surface area contributed by atoms with Crippen molar-refractivity contribution in [2.24, 2.45) is 7.05 Å². The van der Waals surface area contributed by atoms with Crippen molar-refractivity contribution < 1.29 is 42.6 Å². The van der Waals surface area contributed by atoms with Crippen LogP contribution in [0.5, 0.6) is 23.1 Å². The predicted molar refractivity (Wildman–Crippen MR) is 234 cm³/mol. The van der Waals surface area contributed by atoms with Crippen LogP contribution in [-0.4, -0.2) is 68.7 Å². The van der Waals surface area contributed by atoms with E-state index < -0.39 is 29.1 Å². The molecule has 2 aromatic heterocycles. The summed E-state index contributed by atoms with van der Waals surface area (Å²) in [5.74, 6) is -2.33. The quantitative estimate of drug-likeness (QED) is 0.0798. The van der Waals surface area contributed by atoms with E-state index in [2.05, 4.69) is 25.9 Å². The molecule has 17 heteroatoms. The van der Waals surface area contributed by atoms with Crippen LogP contribution in [0.3, 0.4) is 0 Å². The fraction of sp³-hybridized carbons (Fsp3) is 0.277. The minimum Gasteiger partial charge on any atom is -0.493 e. The predicted octanol–water partition coefficient (Wildman–Crippen LogP) is 6.49. The summed E-state index contributed by atoms with van der Waals surface area (Å²) in [6.45, 7) is 4.05. The van der Waals surface area contributed by atoms with Crippen LogP contribution in [0.1, 0.15) is 76.6 Å². The lowest BCUT2D eigenvalue weighted by molar-refractivity contribution is -0.137. The summed E-state index contributed by atoms with van der Waals surface area (Å²) in [7, 11) is 3.25. The van der Waals surface area contributed by atoms with E-state index in [1.165, 1.54) is 30.5 Å². The molecule has 0 spiro atoms. The molecule has 64 heavy (non-hydrogen) atoms. The first-order chi connectivity index (χ1) is 30.8. The van der Waals surface area contributed by atoms with Gasteiger partial charge in [-0.25, -0.2) is 14.4 Å². The zero-order chi connectivity index (χ0) is 45.2. The molecule has 0 bridgehead atoms. The Hall–Kier alpha value is -7.69. The molecule has 1 fully saturated rings. The first kappa shape index (κ1) is 43.0. The van der Waals surface area contributed by atoms with Crippen molar-refractivity contribution in [3.05, 3.63) is 117 Å². The lowest BCUT2D eigenvalue weighted by Gasteiger charge is -2.29. The van der Waals surface area contributed by atoms with Gasteiger partial charge in [0.25, 0.3) is 11.8 Å². The molecule has 5 amide bonds. The lowest BCUT2D eigenvalue weighted by Crippen LogP contribution is -2.52. The molecule has 2 aliphatic heterocycles. The van der Waals surface area contributed by atoms with Gasteiger partial charge in [0, 0.05) is 72.1 Å². The Kier molecular flexibility index (Phi) is 12.1. The number of nitrogens with zero attached hydrogens (tertiary/aromatic N) is 4. The summed E-state index contributed by atoms with van der Waals surface area (Å²) in [6, 6.07) is 17.0. The number of methoxy groups -OCH3 is 1. The average Bonchev–Trinajstić information content (AvgIpc) is 3.62. The Labute approximate surface area is 365 Å². The minimum absolute atomic E-state index is 0.0352. The molecule has 328 valence electrons. The highest BCUT2D eigenvalue weighted by molar-refractivity contribution is 6.08. The van der Waals surface area contributed by atoms with Crippen molar-refractivity contribution in [3.8, 4) is 23.1 Å². The molecule has 16 nitrogen and oxygen atoms in total. The van der Waals surface area contributed by atoms with Gasteiger partial charge in [0.15, 0.2) is 23.1 Å². The zero-order valence-electron chi connectivity index (χ0n) is 35.5. The highest BCUT2D eigenvalue weighted by Gasteiger charge is 2.40. The Morgan fingerprint density at radius 3 is 2.53 bits per heavy atom. The number of unbranched alkanes of at least 4 members (excludes halogenated alkanes) is 1. The van der Waals surface area contributed by atoms with Gasteiger partial charge in [-0.2, -0.15) is 0 Å². The van der Waals surface area contributed by atoms with E-state index in [4.69, 9.17) is 14.2 Å². The molecule has 0 saturated carbocycles. The van der Waals surface area contributed by atoms with Gasteiger partial charge in [-0.05, 0) is 80.6 Å². The van der Waals surface area contributed by atoms with Gasteiger partial charge in [-0.1, -0.05) is 19.1 Å². The monoisotopic (exact) mass is 869 g/mol. The molecule has 4 heterocycles. The molecule has 4 aromatic carbocycles. The maximum absolute atomic E-state index is 15.6. The summed E-state index contributed by atoms with van der Waals surface area (Å²) in [5, 5.41) is 8.67. The van der Waals surface area contributed by atoms with Gasteiger partial charge in [0.2, 0.25) is 29.0 Å². The number of hydrogen-bond acceptors (Lipinski definition) is 11. The number of carbonyl (C=O) groups excluding carboxylic acids is 5. The van der Waals surface area contributed by atoms with Crippen LogP contribution in [0, 0.1) is 12.7 Å². The Bertz CT molecular complexity index is 2970. The van der Waals surface area contributed by atoms with Crippen molar-refractivity contribution in [1.82, 2.24) is 24.8 Å². The first-order valence-corrected chi connectivity index (χ1v) is 20.8. The number of carbonyl (C=O) groups is 5. The number of anilines is 2. The number of amides is 5. The molecular weight excluding hydrogens is 826 g/mol. The van der Waals surface area contributed by atoms with E-state index in [1.54, 1.807) is 54.9 Å². The van der Waals surface area contributed by atoms with Gasteiger partial charge in [0.05, 0.1) is 30.1 Å². The molecule has 0 radical (unpaired) electrons. The molecular formula is C47H44FN7O9. The van der Waals surface area contributed by atoms with E-state index in [-0.39, 0.29) is 73.0 Å². The second-order valence-electron chi connectivity index (χ2n) is 15.5. The van der Waals surface area contributed by atoms with Gasteiger partial charge < -0.3 is 34.3 Å². The molecule has 6 aromatic rings. The van der Waals surface area contributed by atoms with Crippen LogP contribution in [0.4, 0.5) is 15.8 Å². The Morgan fingerprint density at radius 2 is 1.77 bits per heavy atom. The second-order valence-corrected chi connectivity index (χ2v) is 15.5. The van der Waals surface area contributed by atoms with Crippen molar-refractivity contribution >= 4 is 62.7 Å². The Balaban J connectivity index is 0.872. The molecule has 1 saturated heterocycles. The number of fused-ring (bicyclic) bond motifs is 3. The molecule has 1 atom stereocenters. The number of benzene rings is 4. The molecule has 2 aliphatic rings. The normalized spacial score (nSPS) is 14.7. The molecule has 8 rings (SSSR count). The van der Waals surface area contributed by atoms with Gasteiger partial charge in [-0.3, -0.25) is 34.1 Å². The van der Waals surface area contributed by atoms with Crippen LogP contribution in [0.15, 0.2) is 77.9 Å². The number of rotatable bonds is 14. The van der Waals surface area contributed by atoms with E-state index in [1.807, 2.05) is 19.1 Å². The van der Waals surface area contributed by atoms with Crippen molar-refractivity contribution in [1.29, 1.82) is 0 Å². The third-order valence-electron chi connectivity index (χ3n) is 11.6. The first-order valence-electron chi connectivity index (χ1n) is 20.8. The van der Waals surface area contributed by atoms with Gasteiger partial charge >= 0.3 is 0 Å². The van der Waals surface area contributed by atoms with Crippen LogP contribution >= 0.6 is 0 Å². The van der Waals surface area contributed by atoms with Crippen molar-refractivity contribution in [2.45, 2.75) is 65.0 Å². The molecule has 1 unspecified atom stereocenters. The van der Waals surface area contributed by atoms with Crippen LogP contribution in [-0.2, 0) is 34.4 Å². The van der Waals surface area contributed by atoms with Gasteiger partial charge in [0.1, 0.15) is 17.9 Å². The smallest absolute Gasteiger partial charge is 0.261 e. The van der Waals surface area contributed by atoms with E-state index in [0.717, 1.165) is 18.1 Å². The number of nitrogens with one attached hydrogen (secondary N) is 3. The minimum atomic E-state index is -0.792. The van der Waals surface area contributed by atoms with Crippen LogP contribution < -0.4 is 35.6 Å². The van der Waals surface area contributed by atoms with Crippen molar-refractivity contribution in [3.63, 3.8) is 0 Å². The molecule has 0 aliphatic carbocycles. The SMILES string of the molecule is CCc1ccc2c(c1)c(=O)c(C(=O)Nc1ccc(Oc3ncnc4cc(OCCCCC(=O)Nc5cccc6c5CN(C5CCC(=O)NC5=O)C6=O)c(OC)cc34)c(F)c1)c(C)n2C. The van der Waals surface area contributed by atoms with Crippen molar-refractivity contribution in [2.75, 3.05) is 24.4 Å². The topological polar surface area (TPSA) is 200 Å². The Morgan fingerprint density at radius 1 is 0.938 bits per heavy atom. The van der Waals surface area contributed by atoms with Crippen LogP contribution in [0.2, 0.25) is 0 Å². The number of imide groups is 1. The number of aromatic nitrogens is 3. The second kappa shape index (κ2) is 18.0. The summed E-state index contributed by atoms with van der Waals surface area (Å²) < 4.78 is 34.9. The summed E-state index contributed by atoms with van der Waals surface area (Å²) >= 11 is 0. The summed E-state index contributed by atoms with van der Waals surface area (Å²) in [5.41, 5.74) is 3.75. The molecule has 3 N–H and O–H groups in total. The number of aryl methyl sites for hydroxylation is 2. The number of ether oxygens (including phenoxy) is 3. The van der Waals surface area contributed by atoms with Crippen LogP contribution in [0.25, 0.3) is 21.8 Å². The fourth-order valence-corrected chi connectivity index (χ4v) is 8.03. The maximum Gasteiger partial charge on any atom is 0.261 e. The lowest BCUT2D eigenvalue weighted by atomic mass is 10.0.